The molecule has 0 aromatic heterocycles. The van der Waals surface area contributed by atoms with Gasteiger partial charge in [-0.25, -0.2) is 19.2 Å². The fraction of sp³-hybridized carbons (Fsp3) is 0.444. The normalized spacial score (nSPS) is 20.6. The summed E-state index contributed by atoms with van der Waals surface area (Å²) in [7, 11) is 1.70. The summed E-state index contributed by atoms with van der Waals surface area (Å²) in [6.07, 6.45) is 1.02. The zero-order chi connectivity index (χ0) is 25.8. The number of carbonyl (C=O) groups is 3. The highest BCUT2D eigenvalue weighted by atomic mass is 19.1. The summed E-state index contributed by atoms with van der Waals surface area (Å²) in [5, 5.41) is 6.03. The van der Waals surface area contributed by atoms with Crippen molar-refractivity contribution in [3.05, 3.63) is 71.5 Å². The van der Waals surface area contributed by atoms with E-state index >= 15 is 0 Å². The molecule has 0 spiro atoms. The standard InChI is InChI=1S/C27H34FN5O3/c1-19(2)25-26(35)31(15-7-10-20-8-5-4-6-9-20)17-23-32(25)24(34)18-30(3)33(23)27(36)29-16-21-11-13-22(28)14-12-21/h4-6,8-9,11-14,19,23,25H,7,10,15-18H2,1-3H3,(H,29,36)/t23-,25-/m0/s1. The second kappa shape index (κ2) is 11.1. The van der Waals surface area contributed by atoms with E-state index < -0.39 is 12.2 Å². The fourth-order valence-electron chi connectivity index (χ4n) is 5.04. The Kier molecular flexibility index (Phi) is 7.88. The third-order valence-corrected chi connectivity index (χ3v) is 6.80. The zero-order valence-electron chi connectivity index (χ0n) is 21.1. The SMILES string of the molecule is CC(C)[C@H]1C(=O)N(CCCc2ccccc2)C[C@H]2N1C(=O)CN(C)N2C(=O)NCc1ccc(F)cc1. The van der Waals surface area contributed by atoms with Crippen molar-refractivity contribution in [3.63, 3.8) is 0 Å². The van der Waals surface area contributed by atoms with E-state index in [1.807, 2.05) is 32.0 Å². The summed E-state index contributed by atoms with van der Waals surface area (Å²) in [6, 6.07) is 15.1. The van der Waals surface area contributed by atoms with E-state index in [-0.39, 0.29) is 49.2 Å². The molecule has 2 atom stereocenters. The van der Waals surface area contributed by atoms with Crippen LogP contribution in [-0.2, 0) is 22.6 Å². The van der Waals surface area contributed by atoms with Gasteiger partial charge in [0.15, 0.2) is 0 Å². The van der Waals surface area contributed by atoms with E-state index in [0.717, 1.165) is 18.4 Å². The molecule has 0 aliphatic carbocycles. The van der Waals surface area contributed by atoms with Crippen LogP contribution in [0.15, 0.2) is 54.6 Å². The highest BCUT2D eigenvalue weighted by molar-refractivity contribution is 5.91. The van der Waals surface area contributed by atoms with Crippen molar-refractivity contribution >= 4 is 17.8 Å². The molecule has 0 bridgehead atoms. The average Bonchev–Trinajstić information content (AvgIpc) is 2.85. The summed E-state index contributed by atoms with van der Waals surface area (Å²) in [5.74, 6) is -0.678. The van der Waals surface area contributed by atoms with Gasteiger partial charge >= 0.3 is 6.03 Å². The van der Waals surface area contributed by atoms with Crippen molar-refractivity contribution in [2.24, 2.45) is 5.92 Å². The van der Waals surface area contributed by atoms with Crippen LogP contribution in [0.5, 0.6) is 0 Å². The Balaban J connectivity index is 1.51. The topological polar surface area (TPSA) is 76.2 Å². The molecule has 2 aromatic rings. The molecule has 36 heavy (non-hydrogen) atoms. The van der Waals surface area contributed by atoms with Crippen LogP contribution in [0.4, 0.5) is 9.18 Å². The molecule has 0 unspecified atom stereocenters. The fourth-order valence-corrected chi connectivity index (χ4v) is 5.04. The van der Waals surface area contributed by atoms with Crippen LogP contribution in [0.2, 0.25) is 0 Å². The summed E-state index contributed by atoms with van der Waals surface area (Å²) in [5.41, 5.74) is 1.97. The lowest BCUT2D eigenvalue weighted by Gasteiger charge is -2.55. The second-order valence-corrected chi connectivity index (χ2v) is 9.79. The summed E-state index contributed by atoms with van der Waals surface area (Å²) < 4.78 is 13.2. The van der Waals surface area contributed by atoms with Crippen molar-refractivity contribution in [2.45, 2.75) is 45.4 Å². The average molecular weight is 496 g/mol. The minimum absolute atomic E-state index is 0.00494. The van der Waals surface area contributed by atoms with Gasteiger partial charge in [-0.15, -0.1) is 0 Å². The Hall–Kier alpha value is -3.46. The highest BCUT2D eigenvalue weighted by Crippen LogP contribution is 2.29. The van der Waals surface area contributed by atoms with Crippen molar-refractivity contribution in [2.75, 3.05) is 26.7 Å². The van der Waals surface area contributed by atoms with Crippen LogP contribution >= 0.6 is 0 Å². The van der Waals surface area contributed by atoms with Crippen LogP contribution < -0.4 is 5.32 Å². The molecule has 2 fully saturated rings. The number of urea groups is 1. The Morgan fingerprint density at radius 1 is 1.06 bits per heavy atom. The van der Waals surface area contributed by atoms with Crippen molar-refractivity contribution < 1.29 is 18.8 Å². The minimum atomic E-state index is -0.630. The third kappa shape index (κ3) is 5.51. The monoisotopic (exact) mass is 495 g/mol. The predicted molar refractivity (Wildman–Crippen MR) is 134 cm³/mol. The second-order valence-electron chi connectivity index (χ2n) is 9.79. The predicted octanol–water partition coefficient (Wildman–Crippen LogP) is 2.85. The number of hydrazine groups is 1. The molecule has 2 aliphatic heterocycles. The lowest BCUT2D eigenvalue weighted by atomic mass is 9.96. The van der Waals surface area contributed by atoms with Gasteiger partial charge in [-0.1, -0.05) is 56.3 Å². The van der Waals surface area contributed by atoms with Crippen molar-refractivity contribution in [3.8, 4) is 0 Å². The number of halogens is 1. The largest absolute Gasteiger partial charge is 0.337 e. The molecule has 9 heteroatoms. The Morgan fingerprint density at radius 3 is 2.42 bits per heavy atom. The number of hydrogen-bond donors (Lipinski definition) is 1. The van der Waals surface area contributed by atoms with Gasteiger partial charge in [0.05, 0.1) is 13.1 Å². The van der Waals surface area contributed by atoms with Crippen LogP contribution in [0.3, 0.4) is 0 Å². The number of fused-ring (bicyclic) bond motifs is 1. The smallest absolute Gasteiger partial charge is 0.334 e. The number of amides is 4. The first-order chi connectivity index (χ1) is 17.3. The maximum atomic E-state index is 13.5. The molecule has 2 aliphatic rings. The Bertz CT molecular complexity index is 1080. The number of aryl methyl sites for hydroxylation is 1. The van der Waals surface area contributed by atoms with Crippen LogP contribution in [-0.4, -0.2) is 76.6 Å². The van der Waals surface area contributed by atoms with Crippen LogP contribution in [0, 0.1) is 11.7 Å². The molecule has 2 aromatic carbocycles. The number of nitrogens with zero attached hydrogens (tertiary/aromatic N) is 4. The van der Waals surface area contributed by atoms with E-state index in [4.69, 9.17) is 0 Å². The first kappa shape index (κ1) is 25.6. The molecule has 2 heterocycles. The molecule has 4 rings (SSSR count). The zero-order valence-corrected chi connectivity index (χ0v) is 21.1. The lowest BCUT2D eigenvalue weighted by Crippen LogP contribution is -2.76. The Labute approximate surface area is 211 Å². The molecule has 192 valence electrons. The molecule has 4 amide bonds. The summed E-state index contributed by atoms with van der Waals surface area (Å²) >= 11 is 0. The highest BCUT2D eigenvalue weighted by Gasteiger charge is 2.51. The molecular formula is C27H34FN5O3. The van der Waals surface area contributed by atoms with Crippen molar-refractivity contribution in [1.82, 2.24) is 25.1 Å². The third-order valence-electron chi connectivity index (χ3n) is 6.80. The first-order valence-electron chi connectivity index (χ1n) is 12.4. The number of likely N-dealkylation sites (N-methyl/N-ethyl adjacent to an activating group) is 1. The number of nitrogens with one attached hydrogen (secondary N) is 1. The van der Waals surface area contributed by atoms with Crippen molar-refractivity contribution in [1.29, 1.82) is 0 Å². The van der Waals surface area contributed by atoms with Crippen LogP contribution in [0.25, 0.3) is 0 Å². The van der Waals surface area contributed by atoms with Gasteiger partial charge in [-0.05, 0) is 42.0 Å². The quantitative estimate of drug-likeness (QED) is 0.641. The number of hydrogen-bond acceptors (Lipinski definition) is 4. The number of benzene rings is 2. The molecule has 2 saturated heterocycles. The van der Waals surface area contributed by atoms with E-state index in [1.54, 1.807) is 34.0 Å². The molecular weight excluding hydrogens is 461 g/mol. The summed E-state index contributed by atoms with van der Waals surface area (Å²) in [4.78, 5) is 43.3. The van der Waals surface area contributed by atoms with Gasteiger partial charge in [0.25, 0.3) is 0 Å². The first-order valence-corrected chi connectivity index (χ1v) is 12.4. The minimum Gasteiger partial charge on any atom is -0.337 e. The molecule has 8 nitrogen and oxygen atoms in total. The maximum absolute atomic E-state index is 13.5. The van der Waals surface area contributed by atoms with Crippen LogP contribution in [0.1, 0.15) is 31.4 Å². The summed E-state index contributed by atoms with van der Waals surface area (Å²) in [6.45, 7) is 4.87. The van der Waals surface area contributed by atoms with E-state index in [1.165, 1.54) is 22.7 Å². The van der Waals surface area contributed by atoms with Gasteiger partial charge in [0.1, 0.15) is 18.0 Å². The van der Waals surface area contributed by atoms with Gasteiger partial charge in [0, 0.05) is 20.1 Å². The Morgan fingerprint density at radius 2 is 1.75 bits per heavy atom. The number of piperazine rings is 1. The van der Waals surface area contributed by atoms with Gasteiger partial charge < -0.3 is 15.1 Å². The maximum Gasteiger partial charge on any atom is 0.334 e. The van der Waals surface area contributed by atoms with E-state index in [0.29, 0.717) is 6.54 Å². The van der Waals surface area contributed by atoms with Gasteiger partial charge in [-0.3, -0.25) is 9.59 Å². The van der Waals surface area contributed by atoms with E-state index in [2.05, 4.69) is 17.4 Å². The number of carbonyl (C=O) groups excluding carboxylic acids is 3. The lowest BCUT2D eigenvalue weighted by molar-refractivity contribution is -0.189. The van der Waals surface area contributed by atoms with Gasteiger partial charge in [-0.2, -0.15) is 0 Å². The van der Waals surface area contributed by atoms with Gasteiger partial charge in [0.2, 0.25) is 11.8 Å². The molecule has 1 N–H and O–H groups in total. The number of rotatable bonds is 7. The van der Waals surface area contributed by atoms with E-state index in [9.17, 15) is 18.8 Å². The molecule has 0 radical (unpaired) electrons. The molecule has 0 saturated carbocycles.